The molecule has 4 nitrogen and oxygen atoms in total. The summed E-state index contributed by atoms with van der Waals surface area (Å²) in [5.41, 5.74) is 1.45. The Morgan fingerprint density at radius 3 is 3.19 bits per heavy atom. The van der Waals surface area contributed by atoms with E-state index in [1.807, 2.05) is 12.1 Å². The molecule has 1 aromatic rings. The van der Waals surface area contributed by atoms with Crippen molar-refractivity contribution in [1.29, 1.82) is 0 Å². The first kappa shape index (κ1) is 13.9. The Balaban J connectivity index is 1.83. The number of hydrogen-bond donors (Lipinski definition) is 1. The van der Waals surface area contributed by atoms with Crippen LogP contribution in [0.1, 0.15) is 30.4 Å². The number of carbonyl (C=O) groups is 1. The van der Waals surface area contributed by atoms with Gasteiger partial charge in [-0.25, -0.2) is 4.79 Å². The minimum absolute atomic E-state index is 0.0830. The summed E-state index contributed by atoms with van der Waals surface area (Å²) in [5, 5.41) is 10.4. The zero-order chi connectivity index (χ0) is 14.8. The van der Waals surface area contributed by atoms with E-state index in [2.05, 4.69) is 12.2 Å². The number of epoxide rings is 1. The Labute approximate surface area is 123 Å². The van der Waals surface area contributed by atoms with Gasteiger partial charge in [0.1, 0.15) is 5.75 Å². The standard InChI is InChI=1S/C17H18O4/c1-2-20-15(18)10-9-11-5-3-6-12(16(11)19)13-7-4-8-14-17(13)21-14/h3-7,9-10,13-14,17,19H,2,8H2,1H3/b10-9+/t13-,14-,17+/m0/s1. The second-order valence-corrected chi connectivity index (χ2v) is 5.20. The van der Waals surface area contributed by atoms with Gasteiger partial charge in [0.05, 0.1) is 18.8 Å². The Morgan fingerprint density at radius 2 is 2.38 bits per heavy atom. The molecule has 110 valence electrons. The predicted molar refractivity (Wildman–Crippen MR) is 78.9 cm³/mol. The molecule has 1 aliphatic heterocycles. The maximum absolute atomic E-state index is 11.4. The summed E-state index contributed by atoms with van der Waals surface area (Å²) >= 11 is 0. The number of benzene rings is 1. The van der Waals surface area contributed by atoms with Crippen molar-refractivity contribution in [3.05, 3.63) is 47.6 Å². The third-order valence-electron chi connectivity index (χ3n) is 3.83. The normalized spacial score (nSPS) is 26.6. The van der Waals surface area contributed by atoms with Crippen LogP contribution in [0, 0.1) is 0 Å². The lowest BCUT2D eigenvalue weighted by Crippen LogP contribution is -2.10. The third-order valence-corrected chi connectivity index (χ3v) is 3.83. The van der Waals surface area contributed by atoms with Crippen LogP contribution in [-0.4, -0.2) is 29.9 Å². The van der Waals surface area contributed by atoms with Gasteiger partial charge in [-0.2, -0.15) is 0 Å². The Hall–Kier alpha value is -2.07. The van der Waals surface area contributed by atoms with Crippen molar-refractivity contribution in [1.82, 2.24) is 0 Å². The van der Waals surface area contributed by atoms with Crippen LogP contribution in [0.5, 0.6) is 5.75 Å². The van der Waals surface area contributed by atoms with Gasteiger partial charge in [-0.3, -0.25) is 0 Å². The molecule has 1 aromatic carbocycles. The second kappa shape index (κ2) is 5.74. The van der Waals surface area contributed by atoms with Gasteiger partial charge in [0, 0.05) is 23.1 Å². The van der Waals surface area contributed by atoms with Crippen LogP contribution in [0.4, 0.5) is 0 Å². The largest absolute Gasteiger partial charge is 0.507 e. The zero-order valence-corrected chi connectivity index (χ0v) is 11.9. The second-order valence-electron chi connectivity index (χ2n) is 5.20. The van der Waals surface area contributed by atoms with Crippen LogP contribution >= 0.6 is 0 Å². The molecule has 3 atom stereocenters. The number of ether oxygens (including phenoxy) is 2. The summed E-state index contributed by atoms with van der Waals surface area (Å²) in [6, 6.07) is 5.54. The van der Waals surface area contributed by atoms with E-state index in [1.165, 1.54) is 6.08 Å². The van der Waals surface area contributed by atoms with Crippen molar-refractivity contribution in [2.75, 3.05) is 6.61 Å². The van der Waals surface area contributed by atoms with Gasteiger partial charge in [0.25, 0.3) is 0 Å². The highest BCUT2D eigenvalue weighted by Crippen LogP contribution is 2.45. The summed E-state index contributed by atoms with van der Waals surface area (Å²) in [5.74, 6) is -0.131. The highest BCUT2D eigenvalue weighted by Gasteiger charge is 2.46. The van der Waals surface area contributed by atoms with Gasteiger partial charge in [0.15, 0.2) is 0 Å². The van der Waals surface area contributed by atoms with Crippen molar-refractivity contribution in [2.45, 2.75) is 31.5 Å². The minimum Gasteiger partial charge on any atom is -0.507 e. The molecule has 1 N–H and O–H groups in total. The van der Waals surface area contributed by atoms with Gasteiger partial charge in [0.2, 0.25) is 0 Å². The monoisotopic (exact) mass is 286 g/mol. The fraction of sp³-hybridized carbons (Fsp3) is 0.353. The molecule has 0 saturated carbocycles. The first-order valence-electron chi connectivity index (χ1n) is 7.19. The van der Waals surface area contributed by atoms with Crippen LogP contribution in [0.15, 0.2) is 36.4 Å². The summed E-state index contributed by atoms with van der Waals surface area (Å²) < 4.78 is 10.4. The summed E-state index contributed by atoms with van der Waals surface area (Å²) in [4.78, 5) is 11.4. The molecule has 1 fully saturated rings. The van der Waals surface area contributed by atoms with Crippen LogP contribution in [0.2, 0.25) is 0 Å². The lowest BCUT2D eigenvalue weighted by Gasteiger charge is -2.16. The molecule has 3 rings (SSSR count). The van der Waals surface area contributed by atoms with E-state index >= 15 is 0 Å². The minimum atomic E-state index is -0.412. The van der Waals surface area contributed by atoms with Crippen LogP contribution in [0.3, 0.4) is 0 Å². The molecule has 0 spiro atoms. The van der Waals surface area contributed by atoms with Crippen molar-refractivity contribution in [3.8, 4) is 5.75 Å². The maximum atomic E-state index is 11.4. The predicted octanol–water partition coefficient (Wildman–Crippen LogP) is 2.78. The average Bonchev–Trinajstić information content (AvgIpc) is 3.26. The lowest BCUT2D eigenvalue weighted by atomic mass is 9.87. The molecule has 0 unspecified atom stereocenters. The van der Waals surface area contributed by atoms with Crippen LogP contribution < -0.4 is 0 Å². The van der Waals surface area contributed by atoms with Gasteiger partial charge < -0.3 is 14.6 Å². The van der Waals surface area contributed by atoms with Gasteiger partial charge in [-0.1, -0.05) is 30.4 Å². The van der Waals surface area contributed by atoms with E-state index in [1.54, 1.807) is 19.1 Å². The van der Waals surface area contributed by atoms with Crippen molar-refractivity contribution in [2.24, 2.45) is 0 Å². The first-order valence-corrected chi connectivity index (χ1v) is 7.19. The Kier molecular flexibility index (Phi) is 3.80. The Bertz CT molecular complexity index is 603. The first-order chi connectivity index (χ1) is 10.2. The Morgan fingerprint density at radius 1 is 1.52 bits per heavy atom. The molecule has 0 bridgehead atoms. The lowest BCUT2D eigenvalue weighted by molar-refractivity contribution is -0.137. The number of fused-ring (bicyclic) bond motifs is 1. The number of phenolic OH excluding ortho intramolecular Hbond substituents is 1. The van der Waals surface area contributed by atoms with E-state index in [4.69, 9.17) is 9.47 Å². The van der Waals surface area contributed by atoms with Gasteiger partial charge in [-0.05, 0) is 19.4 Å². The van der Waals surface area contributed by atoms with Crippen LogP contribution in [0.25, 0.3) is 6.08 Å². The molecule has 2 aliphatic rings. The number of para-hydroxylation sites is 1. The SMILES string of the molecule is CCOC(=O)/C=C/c1cccc([C@@H]2C=CC[C@@H]3O[C@@H]32)c1O. The highest BCUT2D eigenvalue weighted by atomic mass is 16.6. The molecular weight excluding hydrogens is 268 g/mol. The van der Waals surface area contributed by atoms with Gasteiger partial charge >= 0.3 is 5.97 Å². The summed E-state index contributed by atoms with van der Waals surface area (Å²) in [6.07, 6.45) is 8.50. The van der Waals surface area contributed by atoms with Crippen molar-refractivity contribution in [3.63, 3.8) is 0 Å². The number of carbonyl (C=O) groups excluding carboxylic acids is 1. The molecule has 1 saturated heterocycles. The average molecular weight is 286 g/mol. The zero-order valence-electron chi connectivity index (χ0n) is 11.9. The van der Waals surface area contributed by atoms with E-state index in [0.717, 1.165) is 12.0 Å². The molecule has 21 heavy (non-hydrogen) atoms. The number of aromatic hydroxyl groups is 1. The number of esters is 1. The molecule has 0 radical (unpaired) electrons. The molecule has 0 aromatic heterocycles. The molecule has 1 aliphatic carbocycles. The fourth-order valence-corrected chi connectivity index (χ4v) is 2.74. The number of phenols is 1. The topological polar surface area (TPSA) is 59.1 Å². The summed E-state index contributed by atoms with van der Waals surface area (Å²) in [7, 11) is 0. The van der Waals surface area contributed by atoms with Gasteiger partial charge in [-0.15, -0.1) is 0 Å². The molecule has 0 amide bonds. The van der Waals surface area contributed by atoms with E-state index in [9.17, 15) is 9.90 Å². The number of rotatable bonds is 4. The number of hydrogen-bond acceptors (Lipinski definition) is 4. The fourth-order valence-electron chi connectivity index (χ4n) is 2.74. The van der Waals surface area contributed by atoms with Crippen molar-refractivity contribution < 1.29 is 19.4 Å². The quantitative estimate of drug-likeness (QED) is 0.400. The van der Waals surface area contributed by atoms with E-state index < -0.39 is 5.97 Å². The van der Waals surface area contributed by atoms with Crippen molar-refractivity contribution >= 4 is 12.0 Å². The van der Waals surface area contributed by atoms with E-state index in [-0.39, 0.29) is 23.9 Å². The maximum Gasteiger partial charge on any atom is 0.330 e. The van der Waals surface area contributed by atoms with Crippen LogP contribution in [-0.2, 0) is 14.3 Å². The molecular formula is C17H18O4. The highest BCUT2D eigenvalue weighted by molar-refractivity contribution is 5.87. The summed E-state index contributed by atoms with van der Waals surface area (Å²) in [6.45, 7) is 2.09. The molecule has 4 heteroatoms. The molecule has 1 heterocycles. The third kappa shape index (κ3) is 2.85. The van der Waals surface area contributed by atoms with E-state index in [0.29, 0.717) is 12.2 Å². The smallest absolute Gasteiger partial charge is 0.330 e.